The predicted octanol–water partition coefficient (Wildman–Crippen LogP) is 7.26. The summed E-state index contributed by atoms with van der Waals surface area (Å²) in [5.74, 6) is 0.685. The van der Waals surface area contributed by atoms with Crippen LogP contribution in [0.3, 0.4) is 0 Å². The molecule has 4 nitrogen and oxygen atoms in total. The largest absolute Gasteiger partial charge is 0.444 e. The van der Waals surface area contributed by atoms with Crippen LogP contribution in [0.2, 0.25) is 0 Å². The van der Waals surface area contributed by atoms with Crippen LogP contribution < -0.4 is 4.90 Å². The highest BCUT2D eigenvalue weighted by Gasteiger charge is 2.32. The highest BCUT2D eigenvalue weighted by atomic mass is 19.1. The molecular formula is C25H40FNO3. The molecule has 0 radical (unpaired) electrons. The molecule has 0 saturated carbocycles. The standard InChI is InChI=1S/C23H34FNO3.C2H6/c1-5-7-16(2)10-11-17(3)21-13-12-19(14-22(21)24)25-15-20(28-23(25)27)9-6-8-18(4)26;1-2/h12-14,16-17,20H,5-11,15H2,1-4H3;1-2H3. The van der Waals surface area contributed by atoms with E-state index in [1.807, 2.05) is 19.9 Å². The Morgan fingerprint density at radius 1 is 1.23 bits per heavy atom. The highest BCUT2D eigenvalue weighted by molar-refractivity contribution is 5.89. The Balaban J connectivity index is 0.00000218. The van der Waals surface area contributed by atoms with Crippen LogP contribution in [0.15, 0.2) is 18.2 Å². The van der Waals surface area contributed by atoms with Gasteiger partial charge in [0.05, 0.1) is 12.2 Å². The Kier molecular flexibility index (Phi) is 11.7. The zero-order valence-electron chi connectivity index (χ0n) is 19.7. The zero-order chi connectivity index (χ0) is 22.7. The topological polar surface area (TPSA) is 46.6 Å². The summed E-state index contributed by atoms with van der Waals surface area (Å²) in [6.45, 7) is 12.5. The molecule has 1 amide bonds. The highest BCUT2D eigenvalue weighted by Crippen LogP contribution is 2.31. The van der Waals surface area contributed by atoms with Crippen molar-refractivity contribution in [1.29, 1.82) is 0 Å². The maximum Gasteiger partial charge on any atom is 0.414 e. The molecule has 0 aliphatic carbocycles. The first-order chi connectivity index (χ1) is 14.3. The number of nitrogens with zero attached hydrogens (tertiary/aromatic N) is 1. The number of carbonyl (C=O) groups is 2. The summed E-state index contributed by atoms with van der Waals surface area (Å²) < 4.78 is 20.1. The molecule has 0 aromatic heterocycles. The summed E-state index contributed by atoms with van der Waals surface area (Å²) in [6, 6.07) is 5.06. The van der Waals surface area contributed by atoms with E-state index in [1.165, 1.54) is 23.8 Å². The summed E-state index contributed by atoms with van der Waals surface area (Å²) in [5.41, 5.74) is 1.24. The van der Waals surface area contributed by atoms with Gasteiger partial charge in [0.15, 0.2) is 0 Å². The van der Waals surface area contributed by atoms with Gasteiger partial charge in [-0.1, -0.05) is 59.9 Å². The van der Waals surface area contributed by atoms with Gasteiger partial charge in [-0.15, -0.1) is 0 Å². The van der Waals surface area contributed by atoms with Crippen LogP contribution in [0.25, 0.3) is 0 Å². The molecule has 5 heteroatoms. The normalized spacial score (nSPS) is 17.8. The fourth-order valence-electron chi connectivity index (χ4n) is 3.87. The quantitative estimate of drug-likeness (QED) is 0.378. The second kappa shape index (κ2) is 13.4. The van der Waals surface area contributed by atoms with Gasteiger partial charge in [-0.2, -0.15) is 0 Å². The van der Waals surface area contributed by atoms with E-state index in [2.05, 4.69) is 20.8 Å². The van der Waals surface area contributed by atoms with Gasteiger partial charge in [0.1, 0.15) is 17.7 Å². The van der Waals surface area contributed by atoms with E-state index in [4.69, 9.17) is 4.74 Å². The number of rotatable bonds is 11. The zero-order valence-corrected chi connectivity index (χ0v) is 19.7. The van der Waals surface area contributed by atoms with Crippen LogP contribution in [0, 0.1) is 11.7 Å². The molecule has 30 heavy (non-hydrogen) atoms. The molecule has 1 heterocycles. The molecule has 1 aliphatic rings. The van der Waals surface area contributed by atoms with Gasteiger partial charge in [-0.3, -0.25) is 4.90 Å². The van der Waals surface area contributed by atoms with E-state index in [9.17, 15) is 14.0 Å². The van der Waals surface area contributed by atoms with Gasteiger partial charge in [0, 0.05) is 6.42 Å². The van der Waals surface area contributed by atoms with Crippen molar-refractivity contribution in [2.24, 2.45) is 5.92 Å². The lowest BCUT2D eigenvalue weighted by molar-refractivity contribution is -0.117. The van der Waals surface area contributed by atoms with Crippen LogP contribution in [0.4, 0.5) is 14.9 Å². The fourth-order valence-corrected chi connectivity index (χ4v) is 3.87. The van der Waals surface area contributed by atoms with Gasteiger partial charge in [0.25, 0.3) is 0 Å². The fraction of sp³-hybridized carbons (Fsp3) is 0.680. The minimum Gasteiger partial charge on any atom is -0.444 e. The predicted molar refractivity (Wildman–Crippen MR) is 122 cm³/mol. The number of ketones is 1. The van der Waals surface area contributed by atoms with Crippen molar-refractivity contribution in [1.82, 2.24) is 0 Å². The Bertz CT molecular complexity index is 676. The molecule has 0 spiro atoms. The maximum absolute atomic E-state index is 14.7. The van der Waals surface area contributed by atoms with Crippen molar-refractivity contribution in [2.75, 3.05) is 11.4 Å². The Labute approximate surface area is 182 Å². The molecule has 1 saturated heterocycles. The number of halogens is 1. The molecule has 1 aromatic rings. The van der Waals surface area contributed by atoms with Crippen LogP contribution in [0.5, 0.6) is 0 Å². The molecule has 0 N–H and O–H groups in total. The van der Waals surface area contributed by atoms with Gasteiger partial charge >= 0.3 is 6.09 Å². The number of Topliss-reactive ketones (excluding diaryl/α,β-unsaturated/α-hetero) is 1. The monoisotopic (exact) mass is 421 g/mol. The van der Waals surface area contributed by atoms with E-state index in [0.717, 1.165) is 12.8 Å². The average Bonchev–Trinajstić information content (AvgIpc) is 3.08. The molecule has 1 aliphatic heterocycles. The first-order valence-electron chi connectivity index (χ1n) is 11.6. The smallest absolute Gasteiger partial charge is 0.414 e. The molecule has 1 aromatic carbocycles. The SMILES string of the molecule is CC.CCCC(C)CCC(C)c1ccc(N2CC(CCCC(C)=O)OC2=O)cc1F. The lowest BCUT2D eigenvalue weighted by Gasteiger charge is -2.18. The number of hydrogen-bond donors (Lipinski definition) is 0. The third kappa shape index (κ3) is 8.08. The number of cyclic esters (lactones) is 1. The third-order valence-electron chi connectivity index (χ3n) is 5.63. The molecule has 3 unspecified atom stereocenters. The van der Waals surface area contributed by atoms with E-state index in [1.54, 1.807) is 13.0 Å². The summed E-state index contributed by atoms with van der Waals surface area (Å²) in [4.78, 5) is 24.7. The summed E-state index contributed by atoms with van der Waals surface area (Å²) >= 11 is 0. The summed E-state index contributed by atoms with van der Waals surface area (Å²) in [6.07, 6.45) is 5.59. The minimum atomic E-state index is -0.443. The van der Waals surface area contributed by atoms with E-state index < -0.39 is 6.09 Å². The lowest BCUT2D eigenvalue weighted by Crippen LogP contribution is -2.24. The van der Waals surface area contributed by atoms with E-state index in [-0.39, 0.29) is 23.6 Å². The van der Waals surface area contributed by atoms with Crippen LogP contribution in [-0.2, 0) is 9.53 Å². The number of carbonyl (C=O) groups excluding carboxylic acids is 2. The van der Waals surface area contributed by atoms with Gasteiger partial charge in [-0.25, -0.2) is 9.18 Å². The van der Waals surface area contributed by atoms with Crippen LogP contribution >= 0.6 is 0 Å². The van der Waals surface area contributed by atoms with Crippen molar-refractivity contribution in [3.8, 4) is 0 Å². The Morgan fingerprint density at radius 3 is 2.53 bits per heavy atom. The number of hydrogen-bond acceptors (Lipinski definition) is 3. The van der Waals surface area contributed by atoms with Crippen molar-refractivity contribution in [2.45, 2.75) is 98.5 Å². The van der Waals surface area contributed by atoms with Crippen LogP contribution in [-0.4, -0.2) is 24.5 Å². The molecule has 1 fully saturated rings. The first kappa shape index (κ1) is 26.1. The van der Waals surface area contributed by atoms with Crippen LogP contribution in [0.1, 0.15) is 98.0 Å². The second-order valence-electron chi connectivity index (χ2n) is 8.29. The molecule has 3 atom stereocenters. The third-order valence-corrected chi connectivity index (χ3v) is 5.63. The number of ether oxygens (including phenoxy) is 1. The number of amides is 1. The van der Waals surface area contributed by atoms with Crippen molar-refractivity contribution >= 4 is 17.6 Å². The lowest BCUT2D eigenvalue weighted by atomic mass is 9.90. The van der Waals surface area contributed by atoms with Crippen molar-refractivity contribution in [3.05, 3.63) is 29.6 Å². The van der Waals surface area contributed by atoms with E-state index >= 15 is 0 Å². The minimum absolute atomic E-state index is 0.136. The maximum atomic E-state index is 14.7. The van der Waals surface area contributed by atoms with E-state index in [0.29, 0.717) is 43.0 Å². The second-order valence-corrected chi connectivity index (χ2v) is 8.29. The summed E-state index contributed by atoms with van der Waals surface area (Å²) in [7, 11) is 0. The van der Waals surface area contributed by atoms with Gasteiger partial charge < -0.3 is 9.53 Å². The van der Waals surface area contributed by atoms with Crippen molar-refractivity contribution in [3.63, 3.8) is 0 Å². The van der Waals surface area contributed by atoms with Crippen molar-refractivity contribution < 1.29 is 18.7 Å². The van der Waals surface area contributed by atoms with Gasteiger partial charge in [-0.05, 0) is 55.7 Å². The number of benzene rings is 1. The number of anilines is 1. The Morgan fingerprint density at radius 2 is 1.93 bits per heavy atom. The Hall–Kier alpha value is -1.91. The first-order valence-corrected chi connectivity index (χ1v) is 11.6. The summed E-state index contributed by atoms with van der Waals surface area (Å²) in [5, 5.41) is 0. The molecule has 170 valence electrons. The average molecular weight is 422 g/mol. The molecule has 0 bridgehead atoms. The molecule has 2 rings (SSSR count). The molecular weight excluding hydrogens is 381 g/mol. The van der Waals surface area contributed by atoms with Gasteiger partial charge in [0.2, 0.25) is 0 Å².